The number of aryl methyl sites for hydroxylation is 12. The van der Waals surface area contributed by atoms with Gasteiger partial charge in [0.1, 0.15) is 0 Å². The Hall–Kier alpha value is -4.83. The molecule has 0 aliphatic rings. The second kappa shape index (κ2) is 19.0. The van der Waals surface area contributed by atoms with Crippen molar-refractivity contribution in [3.8, 4) is 34.5 Å². The van der Waals surface area contributed by atoms with Gasteiger partial charge in [0.25, 0.3) is 0 Å². The quantitative estimate of drug-likeness (QED) is 0.103. The minimum atomic E-state index is -4.30. The number of rotatable bonds is 15. The first-order chi connectivity index (χ1) is 28.0. The maximum atomic E-state index is 7.30. The average Bonchev–Trinajstić information content (AvgIpc) is 3.17. The van der Waals surface area contributed by atoms with E-state index in [2.05, 4.69) is 41.3 Å². The number of hydrogen-bond donors (Lipinski definition) is 1. The Morgan fingerprint density at radius 2 is 0.661 bits per heavy atom. The molecule has 0 aromatic heterocycles. The van der Waals surface area contributed by atoms with Gasteiger partial charge < -0.3 is 0 Å². The van der Waals surface area contributed by atoms with Crippen molar-refractivity contribution in [2.24, 2.45) is 4.52 Å². The van der Waals surface area contributed by atoms with Crippen LogP contribution in [-0.4, -0.2) is 0 Å². The van der Waals surface area contributed by atoms with Gasteiger partial charge >= 0.3 is 355 Å². The van der Waals surface area contributed by atoms with Gasteiger partial charge in [-0.1, -0.05) is 0 Å². The number of benzene rings is 6. The number of nitrogens with one attached hydrogen (secondary N) is 1. The summed E-state index contributed by atoms with van der Waals surface area (Å²) < 4.78 is 47.9. The van der Waals surface area contributed by atoms with Crippen LogP contribution >= 0.6 is 24.7 Å². The molecule has 0 aliphatic carbocycles. The van der Waals surface area contributed by atoms with Gasteiger partial charge in [0.2, 0.25) is 0 Å². The molecule has 0 aliphatic heterocycles. The van der Waals surface area contributed by atoms with E-state index < -0.39 is 24.7 Å². The van der Waals surface area contributed by atoms with E-state index >= 15 is 0 Å². The predicted molar refractivity (Wildman–Crippen MR) is 248 cm³/mol. The predicted octanol–water partition coefficient (Wildman–Crippen LogP) is 14.6. The summed E-state index contributed by atoms with van der Waals surface area (Å²) >= 11 is 0. The molecule has 0 spiro atoms. The first-order valence-corrected chi connectivity index (χ1v) is 24.0. The van der Waals surface area contributed by atoms with Crippen LogP contribution < -0.4 is 32.0 Å². The topological polar surface area (TPSA) is 79.8 Å². The SMILES string of the molecule is Cc1ccc(C)c(OP(N[PH](N=[PH](Oc2cc(C)ccc2C)Oc2cc(C)ccc2C)(Oc2cc(C)ccc2C)Oc2cc(C)ccc2C)Oc2cc(C)ccc2C)c1. The molecule has 0 saturated heterocycles. The van der Waals surface area contributed by atoms with E-state index in [-0.39, 0.29) is 0 Å². The Morgan fingerprint density at radius 1 is 0.390 bits per heavy atom. The Bertz CT molecular complexity index is 2340. The van der Waals surface area contributed by atoms with Crippen LogP contribution in [0.4, 0.5) is 0 Å². The molecule has 6 rings (SSSR count). The summed E-state index contributed by atoms with van der Waals surface area (Å²) in [5, 5.41) is 0. The molecular formula is C48H57N2O6P3. The van der Waals surface area contributed by atoms with Crippen LogP contribution in [-0.2, 0) is 0 Å². The van der Waals surface area contributed by atoms with Gasteiger partial charge in [-0.3, -0.25) is 0 Å². The standard InChI is InChI=1S/C48H57N2O6P3/c1-31-13-19-37(7)43(25-31)51-57(52-44-26-32(2)14-20-38(44)8)49-59(55-47-29-35(5)17-23-41(47)11,56-48-30-36(6)18-24-42(48)12)50-58(53-45-27-33(3)15-21-39(45)9)54-46-28-34(4)16-22-40(46)10/h13-30,49,58-59H,1-12H3. The van der Waals surface area contributed by atoms with Crippen LogP contribution in [0.1, 0.15) is 66.8 Å². The third-order valence-electron chi connectivity index (χ3n) is 9.79. The molecule has 0 amide bonds. The normalized spacial score (nSPS) is 11.7. The summed E-state index contributed by atoms with van der Waals surface area (Å²) in [6.45, 7) is 24.3. The molecule has 6 aromatic rings. The molecule has 0 saturated carbocycles. The van der Waals surface area contributed by atoms with Crippen molar-refractivity contribution in [1.82, 2.24) is 4.86 Å². The fourth-order valence-electron chi connectivity index (χ4n) is 6.05. The van der Waals surface area contributed by atoms with E-state index in [1.807, 2.05) is 156 Å². The third-order valence-corrected chi connectivity index (χ3v) is 16.1. The van der Waals surface area contributed by atoms with Gasteiger partial charge in [0.05, 0.1) is 0 Å². The molecule has 0 radical (unpaired) electrons. The van der Waals surface area contributed by atoms with Crippen molar-refractivity contribution in [3.63, 3.8) is 0 Å². The minimum absolute atomic E-state index is 0.603. The second-order valence-electron chi connectivity index (χ2n) is 15.5. The molecule has 0 atom stereocenters. The van der Waals surface area contributed by atoms with E-state index in [1.54, 1.807) is 0 Å². The molecule has 0 bridgehead atoms. The monoisotopic (exact) mass is 850 g/mol. The van der Waals surface area contributed by atoms with E-state index in [0.717, 1.165) is 66.8 Å². The number of nitrogens with zero attached hydrogens (tertiary/aromatic N) is 1. The Morgan fingerprint density at radius 3 is 1.00 bits per heavy atom. The number of hydrogen-bond acceptors (Lipinski definition) is 8. The third kappa shape index (κ3) is 11.7. The van der Waals surface area contributed by atoms with Gasteiger partial charge in [0, 0.05) is 0 Å². The summed E-state index contributed by atoms with van der Waals surface area (Å²) in [5.41, 5.74) is 11.8. The van der Waals surface area contributed by atoms with Crippen LogP contribution in [0.5, 0.6) is 34.5 Å². The molecule has 0 fully saturated rings. The van der Waals surface area contributed by atoms with Crippen molar-refractivity contribution >= 4 is 24.7 Å². The van der Waals surface area contributed by atoms with Gasteiger partial charge in [-0.05, 0) is 0 Å². The van der Waals surface area contributed by atoms with E-state index in [9.17, 15) is 0 Å². The van der Waals surface area contributed by atoms with E-state index in [4.69, 9.17) is 31.7 Å². The van der Waals surface area contributed by atoms with Crippen LogP contribution in [0.25, 0.3) is 0 Å². The first-order valence-electron chi connectivity index (χ1n) is 19.8. The van der Waals surface area contributed by atoms with Crippen LogP contribution in [0, 0.1) is 83.1 Å². The van der Waals surface area contributed by atoms with Gasteiger partial charge in [-0.15, -0.1) is 0 Å². The molecule has 0 heterocycles. The molecule has 0 unspecified atom stereocenters. The Kier molecular flexibility index (Phi) is 14.1. The van der Waals surface area contributed by atoms with E-state index in [0.29, 0.717) is 34.5 Å². The molecule has 310 valence electrons. The summed E-state index contributed by atoms with van der Waals surface area (Å²) in [4.78, 5) is 3.72. The molecule has 8 nitrogen and oxygen atoms in total. The maximum absolute atomic E-state index is 7.30. The fourth-order valence-corrected chi connectivity index (χ4v) is 12.8. The average molecular weight is 851 g/mol. The first kappa shape index (κ1) is 43.7. The van der Waals surface area contributed by atoms with Crippen LogP contribution in [0.15, 0.2) is 114 Å². The van der Waals surface area contributed by atoms with Crippen molar-refractivity contribution in [3.05, 3.63) is 176 Å². The van der Waals surface area contributed by atoms with Crippen molar-refractivity contribution < 1.29 is 27.1 Å². The zero-order valence-electron chi connectivity index (χ0n) is 36.2. The van der Waals surface area contributed by atoms with E-state index in [1.165, 1.54) is 0 Å². The fraction of sp³-hybridized carbons (Fsp3) is 0.250. The van der Waals surface area contributed by atoms with Crippen LogP contribution in [0.2, 0.25) is 0 Å². The summed E-state index contributed by atoms with van der Waals surface area (Å²) in [5.74, 6) is 3.86. The summed E-state index contributed by atoms with van der Waals surface area (Å²) in [6, 6.07) is 36.7. The zero-order chi connectivity index (χ0) is 42.4. The van der Waals surface area contributed by atoms with Crippen molar-refractivity contribution in [2.45, 2.75) is 83.1 Å². The van der Waals surface area contributed by atoms with Gasteiger partial charge in [0.15, 0.2) is 0 Å². The summed E-state index contributed by atoms with van der Waals surface area (Å²) in [7, 11) is -9.10. The van der Waals surface area contributed by atoms with Crippen molar-refractivity contribution in [1.29, 1.82) is 0 Å². The Balaban J connectivity index is 1.64. The molecule has 1 N–H and O–H groups in total. The zero-order valence-corrected chi connectivity index (χ0v) is 39.1. The van der Waals surface area contributed by atoms with Gasteiger partial charge in [-0.25, -0.2) is 0 Å². The van der Waals surface area contributed by atoms with Gasteiger partial charge in [-0.2, -0.15) is 0 Å². The second-order valence-corrected chi connectivity index (χ2v) is 20.7. The Labute approximate surface area is 353 Å². The molecule has 6 aromatic carbocycles. The van der Waals surface area contributed by atoms with Crippen molar-refractivity contribution in [2.75, 3.05) is 0 Å². The van der Waals surface area contributed by atoms with Crippen LogP contribution in [0.3, 0.4) is 0 Å². The molecular weight excluding hydrogens is 793 g/mol. The summed E-state index contributed by atoms with van der Waals surface area (Å²) in [6.07, 6.45) is 0. The molecule has 59 heavy (non-hydrogen) atoms. The molecule has 11 heteroatoms.